The van der Waals surface area contributed by atoms with Crippen LogP contribution in [0.2, 0.25) is 0 Å². The van der Waals surface area contributed by atoms with Crippen LogP contribution in [0.15, 0.2) is 30.5 Å². The van der Waals surface area contributed by atoms with Gasteiger partial charge >= 0.3 is 5.97 Å². The number of aromatic amines is 1. The van der Waals surface area contributed by atoms with Crippen LogP contribution in [0.1, 0.15) is 25.3 Å². The molecule has 2 aromatic rings. The maximum absolute atomic E-state index is 12.9. The van der Waals surface area contributed by atoms with Crippen molar-refractivity contribution in [3.63, 3.8) is 0 Å². The number of carbonyl (C=O) groups is 5. The Bertz CT molecular complexity index is 1040. The molecule has 1 heterocycles. The first kappa shape index (κ1) is 25.3. The Morgan fingerprint density at radius 1 is 1.06 bits per heavy atom. The van der Waals surface area contributed by atoms with Gasteiger partial charge in [0, 0.05) is 29.9 Å². The Kier molecular flexibility index (Phi) is 8.92. The van der Waals surface area contributed by atoms with Gasteiger partial charge in [0.15, 0.2) is 0 Å². The van der Waals surface area contributed by atoms with E-state index in [-0.39, 0.29) is 19.3 Å². The number of amides is 4. The van der Waals surface area contributed by atoms with Gasteiger partial charge in [-0.3, -0.25) is 24.0 Å². The zero-order valence-electron chi connectivity index (χ0n) is 18.1. The third kappa shape index (κ3) is 7.61. The van der Waals surface area contributed by atoms with Crippen LogP contribution in [0.25, 0.3) is 10.9 Å². The Morgan fingerprint density at radius 3 is 2.42 bits per heavy atom. The fourth-order valence-electron chi connectivity index (χ4n) is 3.13. The molecule has 0 saturated carbocycles. The Labute approximate surface area is 189 Å². The minimum atomic E-state index is -1.23. The second kappa shape index (κ2) is 11.6. The number of aliphatic carboxylic acids is 1. The fraction of sp³-hybridized carbons (Fsp3) is 0.381. The summed E-state index contributed by atoms with van der Waals surface area (Å²) in [5.41, 5.74) is 12.5. The first-order valence-electron chi connectivity index (χ1n) is 10.3. The average Bonchev–Trinajstić information content (AvgIpc) is 3.17. The quantitative estimate of drug-likeness (QED) is 0.199. The summed E-state index contributed by atoms with van der Waals surface area (Å²) in [5, 5.41) is 16.8. The predicted octanol–water partition coefficient (Wildman–Crippen LogP) is -1.51. The second-order valence-corrected chi connectivity index (χ2v) is 7.58. The monoisotopic (exact) mass is 460 g/mol. The summed E-state index contributed by atoms with van der Waals surface area (Å²) in [6, 6.07) is 4.20. The van der Waals surface area contributed by atoms with Crippen molar-refractivity contribution in [1.29, 1.82) is 0 Å². The third-order valence-electron chi connectivity index (χ3n) is 4.94. The Balaban J connectivity index is 2.15. The SMILES string of the molecule is CC(NC(=O)C(Cc1c[nH]c2ccccc12)NC(=O)C(N)CCC(N)=O)C(=O)NCC(=O)O. The van der Waals surface area contributed by atoms with Gasteiger partial charge in [0.1, 0.15) is 18.6 Å². The van der Waals surface area contributed by atoms with Crippen LogP contribution in [0.5, 0.6) is 0 Å². The number of rotatable bonds is 12. The number of aromatic nitrogens is 1. The molecule has 1 aromatic carbocycles. The standard InChI is InChI=1S/C21H28N6O6/c1-11(19(31)25-10-18(29)30)26-21(33)16(27-20(32)14(22)6-7-17(23)28)8-12-9-24-15-5-3-2-4-13(12)15/h2-5,9,11,14,16,24H,6-8,10,22H2,1H3,(H2,23,28)(H,25,31)(H,26,33)(H,27,32)(H,29,30). The van der Waals surface area contributed by atoms with E-state index in [0.29, 0.717) is 0 Å². The van der Waals surface area contributed by atoms with Crippen LogP contribution >= 0.6 is 0 Å². The van der Waals surface area contributed by atoms with Gasteiger partial charge in [-0.1, -0.05) is 18.2 Å². The number of carbonyl (C=O) groups excluding carboxylic acids is 4. The van der Waals surface area contributed by atoms with Crippen molar-refractivity contribution in [2.75, 3.05) is 6.54 Å². The van der Waals surface area contributed by atoms with E-state index in [1.165, 1.54) is 6.92 Å². The van der Waals surface area contributed by atoms with Crippen LogP contribution in [0.3, 0.4) is 0 Å². The molecule has 0 aliphatic carbocycles. The van der Waals surface area contributed by atoms with Crippen molar-refractivity contribution in [3.05, 3.63) is 36.0 Å². The molecule has 4 amide bonds. The molecule has 0 bridgehead atoms. The van der Waals surface area contributed by atoms with Crippen molar-refractivity contribution in [2.24, 2.45) is 11.5 Å². The molecule has 1 aromatic heterocycles. The molecule has 9 N–H and O–H groups in total. The van der Waals surface area contributed by atoms with Crippen LogP contribution in [-0.4, -0.2) is 64.4 Å². The summed E-state index contributed by atoms with van der Waals surface area (Å²) in [4.78, 5) is 62.2. The van der Waals surface area contributed by atoms with E-state index in [1.54, 1.807) is 6.20 Å². The second-order valence-electron chi connectivity index (χ2n) is 7.58. The van der Waals surface area contributed by atoms with E-state index in [4.69, 9.17) is 16.6 Å². The van der Waals surface area contributed by atoms with Crippen molar-refractivity contribution >= 4 is 40.5 Å². The molecule has 12 nitrogen and oxygen atoms in total. The van der Waals surface area contributed by atoms with Gasteiger partial charge in [-0.05, 0) is 25.0 Å². The molecule has 178 valence electrons. The van der Waals surface area contributed by atoms with E-state index in [0.717, 1.165) is 16.5 Å². The first-order chi connectivity index (χ1) is 15.6. The molecular weight excluding hydrogens is 432 g/mol. The number of hydrogen-bond acceptors (Lipinski definition) is 6. The molecule has 33 heavy (non-hydrogen) atoms. The highest BCUT2D eigenvalue weighted by Crippen LogP contribution is 2.19. The maximum Gasteiger partial charge on any atom is 0.322 e. The summed E-state index contributed by atoms with van der Waals surface area (Å²) in [5.74, 6) is -3.84. The number of hydrogen-bond donors (Lipinski definition) is 7. The number of para-hydroxylation sites is 1. The molecule has 0 aliphatic rings. The number of fused-ring (bicyclic) bond motifs is 1. The first-order valence-corrected chi connectivity index (χ1v) is 10.3. The highest BCUT2D eigenvalue weighted by atomic mass is 16.4. The number of primary amides is 1. The fourth-order valence-corrected chi connectivity index (χ4v) is 3.13. The molecule has 3 unspecified atom stereocenters. The molecule has 12 heteroatoms. The van der Waals surface area contributed by atoms with E-state index >= 15 is 0 Å². The van der Waals surface area contributed by atoms with E-state index < -0.39 is 54.3 Å². The highest BCUT2D eigenvalue weighted by molar-refractivity contribution is 5.94. The lowest BCUT2D eigenvalue weighted by atomic mass is 10.0. The van der Waals surface area contributed by atoms with Gasteiger partial charge in [0.2, 0.25) is 23.6 Å². The number of carboxylic acids is 1. The van der Waals surface area contributed by atoms with Crippen molar-refractivity contribution in [2.45, 2.75) is 44.3 Å². The van der Waals surface area contributed by atoms with Crippen molar-refractivity contribution in [3.8, 4) is 0 Å². The van der Waals surface area contributed by atoms with Gasteiger partial charge < -0.3 is 37.5 Å². The molecule has 3 atom stereocenters. The number of benzene rings is 1. The molecule has 0 aliphatic heterocycles. The molecule has 0 radical (unpaired) electrons. The predicted molar refractivity (Wildman–Crippen MR) is 119 cm³/mol. The summed E-state index contributed by atoms with van der Waals surface area (Å²) >= 11 is 0. The summed E-state index contributed by atoms with van der Waals surface area (Å²) in [6.45, 7) is 0.793. The van der Waals surface area contributed by atoms with Crippen molar-refractivity contribution < 1.29 is 29.1 Å². The number of carboxylic acid groups (broad SMARTS) is 1. The smallest absolute Gasteiger partial charge is 0.322 e. The average molecular weight is 460 g/mol. The van der Waals surface area contributed by atoms with Gasteiger partial charge in [-0.25, -0.2) is 0 Å². The topological polar surface area (TPSA) is 209 Å². The highest BCUT2D eigenvalue weighted by Gasteiger charge is 2.27. The zero-order valence-corrected chi connectivity index (χ0v) is 18.1. The van der Waals surface area contributed by atoms with Crippen LogP contribution in [0, 0.1) is 0 Å². The van der Waals surface area contributed by atoms with Gasteiger partial charge in [-0.2, -0.15) is 0 Å². The van der Waals surface area contributed by atoms with Crippen LogP contribution in [-0.2, 0) is 30.4 Å². The molecule has 0 saturated heterocycles. The lowest BCUT2D eigenvalue weighted by Gasteiger charge is -2.22. The number of nitrogens with one attached hydrogen (secondary N) is 4. The van der Waals surface area contributed by atoms with Gasteiger partial charge in [0.05, 0.1) is 6.04 Å². The lowest BCUT2D eigenvalue weighted by Crippen LogP contribution is -2.56. The summed E-state index contributed by atoms with van der Waals surface area (Å²) in [7, 11) is 0. The molecular formula is C21H28N6O6. The van der Waals surface area contributed by atoms with Crippen molar-refractivity contribution in [1.82, 2.24) is 20.9 Å². The molecule has 0 fully saturated rings. The Morgan fingerprint density at radius 2 is 1.76 bits per heavy atom. The third-order valence-corrected chi connectivity index (χ3v) is 4.94. The van der Waals surface area contributed by atoms with Gasteiger partial charge in [0.25, 0.3) is 0 Å². The normalized spacial score (nSPS) is 13.5. The summed E-state index contributed by atoms with van der Waals surface area (Å²) < 4.78 is 0. The van der Waals surface area contributed by atoms with Crippen LogP contribution in [0.4, 0.5) is 0 Å². The minimum Gasteiger partial charge on any atom is -0.480 e. The zero-order chi connectivity index (χ0) is 24.5. The molecule has 0 spiro atoms. The lowest BCUT2D eigenvalue weighted by molar-refractivity contribution is -0.138. The number of H-pyrrole nitrogens is 1. The van der Waals surface area contributed by atoms with Gasteiger partial charge in [-0.15, -0.1) is 0 Å². The molecule has 2 rings (SSSR count). The van der Waals surface area contributed by atoms with E-state index in [9.17, 15) is 24.0 Å². The largest absolute Gasteiger partial charge is 0.480 e. The van der Waals surface area contributed by atoms with E-state index in [1.807, 2.05) is 24.3 Å². The maximum atomic E-state index is 12.9. The van der Waals surface area contributed by atoms with E-state index in [2.05, 4.69) is 20.9 Å². The summed E-state index contributed by atoms with van der Waals surface area (Å²) in [6.07, 6.45) is 1.73. The Hall–Kier alpha value is -3.93. The minimum absolute atomic E-state index is 0.0105. The number of nitrogens with two attached hydrogens (primary N) is 2. The van der Waals surface area contributed by atoms with Crippen LogP contribution < -0.4 is 27.4 Å².